The van der Waals surface area contributed by atoms with Crippen LogP contribution in [-0.4, -0.2) is 35.1 Å². The van der Waals surface area contributed by atoms with Crippen LogP contribution in [0.5, 0.6) is 0 Å². The highest BCUT2D eigenvalue weighted by molar-refractivity contribution is 6.30. The lowest BCUT2D eigenvalue weighted by Gasteiger charge is -2.19. The molecule has 1 aromatic heterocycles. The third-order valence-corrected chi connectivity index (χ3v) is 4.66. The molecule has 6 heteroatoms. The van der Waals surface area contributed by atoms with Crippen molar-refractivity contribution in [1.82, 2.24) is 14.9 Å². The Kier molecular flexibility index (Phi) is 5.75. The Morgan fingerprint density at radius 2 is 2.33 bits per heavy atom. The molecule has 128 valence electrons. The van der Waals surface area contributed by atoms with Crippen LogP contribution in [0.1, 0.15) is 19.3 Å². The van der Waals surface area contributed by atoms with Gasteiger partial charge in [0.15, 0.2) is 0 Å². The Balaban J connectivity index is 1.36. The molecular formula is C18H23ClN4O. The van der Waals surface area contributed by atoms with Crippen molar-refractivity contribution < 1.29 is 4.79 Å². The molecule has 2 aromatic rings. The van der Waals surface area contributed by atoms with E-state index in [0.717, 1.165) is 49.7 Å². The fourth-order valence-electron chi connectivity index (χ4n) is 3.09. The lowest BCUT2D eigenvalue weighted by atomic mass is 10.1. The molecule has 1 N–H and O–H groups in total. The predicted molar refractivity (Wildman–Crippen MR) is 96.2 cm³/mol. The van der Waals surface area contributed by atoms with Crippen molar-refractivity contribution in [3.63, 3.8) is 0 Å². The van der Waals surface area contributed by atoms with Crippen LogP contribution in [0.4, 0.5) is 5.69 Å². The second-order valence-corrected chi connectivity index (χ2v) is 6.73. The highest BCUT2D eigenvalue weighted by atomic mass is 35.5. The summed E-state index contributed by atoms with van der Waals surface area (Å²) in [5.41, 5.74) is 1.16. The van der Waals surface area contributed by atoms with E-state index in [-0.39, 0.29) is 5.91 Å². The Morgan fingerprint density at radius 3 is 3.12 bits per heavy atom. The molecule has 1 aliphatic rings. The fraction of sp³-hybridized carbons (Fsp3) is 0.444. The predicted octanol–water partition coefficient (Wildman–Crippen LogP) is 2.96. The molecule has 0 unspecified atom stereocenters. The number of aromatic nitrogens is 2. The van der Waals surface area contributed by atoms with Crippen LogP contribution in [0.3, 0.4) is 0 Å². The molecular weight excluding hydrogens is 324 g/mol. The topological polar surface area (TPSA) is 50.2 Å². The highest BCUT2D eigenvalue weighted by Crippen LogP contribution is 2.25. The summed E-state index contributed by atoms with van der Waals surface area (Å²) in [5, 5.41) is 3.84. The van der Waals surface area contributed by atoms with Crippen molar-refractivity contribution >= 4 is 23.2 Å². The van der Waals surface area contributed by atoms with E-state index in [1.54, 1.807) is 12.5 Å². The first-order valence-electron chi connectivity index (χ1n) is 8.43. The van der Waals surface area contributed by atoms with E-state index in [2.05, 4.69) is 21.3 Å². The summed E-state index contributed by atoms with van der Waals surface area (Å²) in [6.07, 6.45) is 7.94. The van der Waals surface area contributed by atoms with Gasteiger partial charge in [0.25, 0.3) is 0 Å². The van der Waals surface area contributed by atoms with Gasteiger partial charge in [-0.3, -0.25) is 4.79 Å². The SMILES string of the molecule is O=C(CCCn1ccnc1)NC[C@H]1CCN(c2cccc(Cl)c2)C1. The molecule has 0 aliphatic carbocycles. The van der Waals surface area contributed by atoms with Crippen molar-refractivity contribution in [1.29, 1.82) is 0 Å². The second kappa shape index (κ2) is 8.20. The van der Waals surface area contributed by atoms with E-state index in [0.29, 0.717) is 12.3 Å². The van der Waals surface area contributed by atoms with Crippen LogP contribution < -0.4 is 10.2 Å². The molecule has 1 atom stereocenters. The number of carbonyl (C=O) groups excluding carboxylic acids is 1. The number of hydrogen-bond acceptors (Lipinski definition) is 3. The van der Waals surface area contributed by atoms with Gasteiger partial charge in [0, 0.05) is 55.7 Å². The van der Waals surface area contributed by atoms with Crippen molar-refractivity contribution in [2.24, 2.45) is 5.92 Å². The highest BCUT2D eigenvalue weighted by Gasteiger charge is 2.23. The van der Waals surface area contributed by atoms with E-state index in [1.807, 2.05) is 29.0 Å². The molecule has 1 aromatic carbocycles. The summed E-state index contributed by atoms with van der Waals surface area (Å²) in [7, 11) is 0. The summed E-state index contributed by atoms with van der Waals surface area (Å²) < 4.78 is 1.99. The molecule has 1 saturated heterocycles. The molecule has 1 amide bonds. The molecule has 2 heterocycles. The number of imidazole rings is 1. The molecule has 0 spiro atoms. The maximum atomic E-state index is 12.0. The van der Waals surface area contributed by atoms with Crippen molar-refractivity contribution in [3.8, 4) is 0 Å². The number of carbonyl (C=O) groups is 1. The van der Waals surface area contributed by atoms with E-state index < -0.39 is 0 Å². The lowest BCUT2D eigenvalue weighted by molar-refractivity contribution is -0.121. The molecule has 5 nitrogen and oxygen atoms in total. The Labute approximate surface area is 147 Å². The molecule has 3 rings (SSSR count). The van der Waals surface area contributed by atoms with Gasteiger partial charge < -0.3 is 14.8 Å². The minimum Gasteiger partial charge on any atom is -0.371 e. The van der Waals surface area contributed by atoms with Gasteiger partial charge in [0.1, 0.15) is 0 Å². The Hall–Kier alpha value is -2.01. The fourth-order valence-corrected chi connectivity index (χ4v) is 3.28. The number of halogens is 1. The number of amides is 1. The van der Waals surface area contributed by atoms with Gasteiger partial charge >= 0.3 is 0 Å². The van der Waals surface area contributed by atoms with Gasteiger partial charge in [-0.2, -0.15) is 0 Å². The zero-order valence-corrected chi connectivity index (χ0v) is 14.5. The molecule has 24 heavy (non-hydrogen) atoms. The third-order valence-electron chi connectivity index (χ3n) is 4.43. The minimum atomic E-state index is 0.135. The smallest absolute Gasteiger partial charge is 0.220 e. The molecule has 0 saturated carbocycles. The largest absolute Gasteiger partial charge is 0.371 e. The summed E-state index contributed by atoms with van der Waals surface area (Å²) in [6.45, 7) is 3.57. The van der Waals surface area contributed by atoms with E-state index in [1.165, 1.54) is 0 Å². The van der Waals surface area contributed by atoms with Gasteiger partial charge in [-0.15, -0.1) is 0 Å². The van der Waals surface area contributed by atoms with Gasteiger partial charge in [0.05, 0.1) is 6.33 Å². The van der Waals surface area contributed by atoms with Gasteiger partial charge in [-0.05, 0) is 37.0 Å². The van der Waals surface area contributed by atoms with Gasteiger partial charge in [0.2, 0.25) is 5.91 Å². The summed E-state index contributed by atoms with van der Waals surface area (Å²) >= 11 is 6.06. The number of benzene rings is 1. The number of anilines is 1. The van der Waals surface area contributed by atoms with Crippen LogP contribution in [0, 0.1) is 5.92 Å². The zero-order valence-electron chi connectivity index (χ0n) is 13.7. The number of hydrogen-bond donors (Lipinski definition) is 1. The second-order valence-electron chi connectivity index (χ2n) is 6.29. The Morgan fingerprint density at radius 1 is 1.42 bits per heavy atom. The summed E-state index contributed by atoms with van der Waals surface area (Å²) in [6, 6.07) is 7.96. The Bertz CT molecular complexity index is 659. The first-order chi connectivity index (χ1) is 11.7. The quantitative estimate of drug-likeness (QED) is 0.838. The van der Waals surface area contributed by atoms with Gasteiger partial charge in [-0.1, -0.05) is 17.7 Å². The number of rotatable bonds is 7. The summed E-state index contributed by atoms with van der Waals surface area (Å²) in [5.74, 6) is 0.637. The molecule has 0 bridgehead atoms. The van der Waals surface area contributed by atoms with Crippen molar-refractivity contribution in [2.45, 2.75) is 25.8 Å². The van der Waals surface area contributed by atoms with Crippen LogP contribution in [0.2, 0.25) is 5.02 Å². The maximum Gasteiger partial charge on any atom is 0.220 e. The minimum absolute atomic E-state index is 0.135. The summed E-state index contributed by atoms with van der Waals surface area (Å²) in [4.78, 5) is 18.3. The first kappa shape index (κ1) is 16.8. The van der Waals surface area contributed by atoms with Crippen molar-refractivity contribution in [3.05, 3.63) is 48.0 Å². The third kappa shape index (κ3) is 4.74. The van der Waals surface area contributed by atoms with Crippen LogP contribution >= 0.6 is 11.6 Å². The molecule has 0 radical (unpaired) electrons. The standard InChI is InChI=1S/C18H23ClN4O/c19-16-3-1-4-17(11-16)23-9-6-15(13-23)12-21-18(24)5-2-8-22-10-7-20-14-22/h1,3-4,7,10-11,14-15H,2,5-6,8-9,12-13H2,(H,21,24)/t15-/m1/s1. The van der Waals surface area contributed by atoms with Crippen molar-refractivity contribution in [2.75, 3.05) is 24.5 Å². The van der Waals surface area contributed by atoms with E-state index >= 15 is 0 Å². The monoisotopic (exact) mass is 346 g/mol. The van der Waals surface area contributed by atoms with Crippen LogP contribution in [0.25, 0.3) is 0 Å². The number of nitrogens with zero attached hydrogens (tertiary/aromatic N) is 3. The first-order valence-corrected chi connectivity index (χ1v) is 8.81. The number of aryl methyl sites for hydroxylation is 1. The zero-order chi connectivity index (χ0) is 16.8. The van der Waals surface area contributed by atoms with Crippen LogP contribution in [0.15, 0.2) is 43.0 Å². The average Bonchev–Trinajstić information content (AvgIpc) is 3.25. The lowest BCUT2D eigenvalue weighted by Crippen LogP contribution is -2.31. The van der Waals surface area contributed by atoms with Crippen LogP contribution in [-0.2, 0) is 11.3 Å². The average molecular weight is 347 g/mol. The number of nitrogens with one attached hydrogen (secondary N) is 1. The molecule has 1 aliphatic heterocycles. The van der Waals surface area contributed by atoms with E-state index in [9.17, 15) is 4.79 Å². The van der Waals surface area contributed by atoms with Gasteiger partial charge in [-0.25, -0.2) is 4.98 Å². The normalized spacial score (nSPS) is 17.2. The maximum absolute atomic E-state index is 12.0. The van der Waals surface area contributed by atoms with E-state index in [4.69, 9.17) is 11.6 Å². The molecule has 1 fully saturated rings.